The number of aromatic nitrogens is 1. The van der Waals surface area contributed by atoms with Crippen molar-refractivity contribution in [1.82, 2.24) is 4.98 Å². The van der Waals surface area contributed by atoms with Gasteiger partial charge in [-0.1, -0.05) is 66.2 Å². The number of aliphatic hydroxyl groups excluding tert-OH is 2. The van der Waals surface area contributed by atoms with Gasteiger partial charge < -0.3 is 10.2 Å². The zero-order valence-electron chi connectivity index (χ0n) is 25.0. The van der Waals surface area contributed by atoms with Crippen LogP contribution in [0.3, 0.4) is 0 Å². The fourth-order valence-electron chi connectivity index (χ4n) is 5.82. The quantitative estimate of drug-likeness (QED) is 0.344. The van der Waals surface area contributed by atoms with Gasteiger partial charge in [0, 0.05) is 16.8 Å². The molecule has 0 fully saturated rings. The second-order valence-corrected chi connectivity index (χ2v) is 13.7. The Bertz CT molecular complexity index is 1170. The topological polar surface area (TPSA) is 53.4 Å². The number of rotatable bonds is 7. The summed E-state index contributed by atoms with van der Waals surface area (Å²) in [7, 11) is 0. The highest BCUT2D eigenvalue weighted by atomic mass is 32.2. The van der Waals surface area contributed by atoms with E-state index in [0.717, 1.165) is 84.0 Å². The van der Waals surface area contributed by atoms with E-state index in [-0.39, 0.29) is 11.3 Å². The van der Waals surface area contributed by atoms with Crippen molar-refractivity contribution >= 4 is 17.3 Å². The number of alkyl halides is 3. The van der Waals surface area contributed by atoms with Crippen molar-refractivity contribution in [3.63, 3.8) is 0 Å². The van der Waals surface area contributed by atoms with Crippen LogP contribution in [0, 0.1) is 5.41 Å². The molecule has 0 aliphatic heterocycles. The Hall–Kier alpha value is -1.83. The van der Waals surface area contributed by atoms with Crippen molar-refractivity contribution in [3.8, 4) is 0 Å². The van der Waals surface area contributed by atoms with Crippen molar-refractivity contribution in [3.05, 3.63) is 69.5 Å². The first-order chi connectivity index (χ1) is 18.7. The van der Waals surface area contributed by atoms with Gasteiger partial charge >= 0.3 is 6.18 Å². The third kappa shape index (κ3) is 7.71. The van der Waals surface area contributed by atoms with Crippen LogP contribution in [0.1, 0.15) is 137 Å². The number of thioether (sulfide) groups is 1. The summed E-state index contributed by atoms with van der Waals surface area (Å²) in [6.07, 6.45) is 3.97. The molecule has 0 bridgehead atoms. The van der Waals surface area contributed by atoms with E-state index < -0.39 is 23.9 Å². The molecule has 0 amide bonds. The summed E-state index contributed by atoms with van der Waals surface area (Å²) in [6.45, 7) is 12.8. The highest BCUT2D eigenvalue weighted by molar-refractivity contribution is 7.99. The summed E-state index contributed by atoms with van der Waals surface area (Å²) >= 11 is 1.88. The zero-order valence-corrected chi connectivity index (χ0v) is 25.8. The van der Waals surface area contributed by atoms with E-state index in [9.17, 15) is 23.4 Å². The van der Waals surface area contributed by atoms with E-state index in [1.807, 2.05) is 11.8 Å². The van der Waals surface area contributed by atoms with E-state index in [4.69, 9.17) is 4.98 Å². The normalized spacial score (nSPS) is 19.9. The average Bonchev–Trinajstić information content (AvgIpc) is 3.41. The van der Waals surface area contributed by atoms with Crippen LogP contribution in [-0.4, -0.2) is 26.7 Å². The van der Waals surface area contributed by atoms with Crippen molar-refractivity contribution in [2.24, 2.45) is 5.41 Å². The number of hydrogen-bond acceptors (Lipinski definition) is 4. The first-order valence-corrected chi connectivity index (χ1v) is 15.8. The SMILES string of the molecule is CCCC(C)c1nc2c(c(C3=CCCC3)c1C(O)c1ccc(C(F)(F)F)cc1)C(O)CC(C)(C)C2.CSC(C)C. The lowest BCUT2D eigenvalue weighted by Gasteiger charge is -2.38. The molecule has 3 atom stereocenters. The van der Waals surface area contributed by atoms with E-state index >= 15 is 0 Å². The molecule has 2 aromatic rings. The number of fused-ring (bicyclic) bond motifs is 1. The number of allylic oxidation sites excluding steroid dienone is 2. The fourth-order valence-corrected chi connectivity index (χ4v) is 5.82. The Morgan fingerprint density at radius 2 is 1.75 bits per heavy atom. The van der Waals surface area contributed by atoms with Crippen molar-refractivity contribution in [1.29, 1.82) is 0 Å². The number of benzene rings is 1. The molecular formula is C33H46F3NO2S. The number of hydrogen-bond donors (Lipinski definition) is 2. The van der Waals surface area contributed by atoms with Crippen LogP contribution >= 0.6 is 11.8 Å². The molecule has 2 aliphatic rings. The first kappa shape index (κ1) is 32.7. The lowest BCUT2D eigenvalue weighted by molar-refractivity contribution is -0.137. The molecule has 1 aromatic carbocycles. The zero-order chi connectivity index (χ0) is 29.8. The van der Waals surface area contributed by atoms with Gasteiger partial charge in [0.2, 0.25) is 0 Å². The minimum atomic E-state index is -4.44. The Kier molecular flexibility index (Phi) is 11.0. The van der Waals surface area contributed by atoms with Crippen LogP contribution in [0.2, 0.25) is 0 Å². The molecule has 40 heavy (non-hydrogen) atoms. The largest absolute Gasteiger partial charge is 0.416 e. The molecule has 222 valence electrons. The highest BCUT2D eigenvalue weighted by Crippen LogP contribution is 2.49. The molecule has 3 unspecified atom stereocenters. The van der Waals surface area contributed by atoms with Crippen LogP contribution in [0.4, 0.5) is 13.2 Å². The van der Waals surface area contributed by atoms with Gasteiger partial charge in [0.05, 0.1) is 17.4 Å². The summed E-state index contributed by atoms with van der Waals surface area (Å²) in [5, 5.41) is 23.8. The lowest BCUT2D eigenvalue weighted by atomic mass is 9.71. The fraction of sp³-hybridized carbons (Fsp3) is 0.606. The Morgan fingerprint density at radius 1 is 1.12 bits per heavy atom. The van der Waals surface area contributed by atoms with Crippen molar-refractivity contribution in [2.75, 3.05) is 6.26 Å². The first-order valence-electron chi connectivity index (χ1n) is 14.5. The molecule has 1 aromatic heterocycles. The predicted molar refractivity (Wildman–Crippen MR) is 161 cm³/mol. The van der Waals surface area contributed by atoms with Gasteiger partial charge in [0.25, 0.3) is 0 Å². The maximum Gasteiger partial charge on any atom is 0.416 e. The van der Waals surface area contributed by atoms with E-state index in [2.05, 4.69) is 53.9 Å². The summed E-state index contributed by atoms with van der Waals surface area (Å²) < 4.78 is 39.5. The Morgan fingerprint density at radius 3 is 2.25 bits per heavy atom. The number of nitrogens with zero attached hydrogens (tertiary/aromatic N) is 1. The molecule has 1 heterocycles. The molecule has 7 heteroatoms. The van der Waals surface area contributed by atoms with Gasteiger partial charge in [-0.3, -0.25) is 4.98 Å². The van der Waals surface area contributed by atoms with Gasteiger partial charge in [0.1, 0.15) is 6.10 Å². The molecule has 3 nitrogen and oxygen atoms in total. The third-order valence-corrected chi connectivity index (χ3v) is 8.90. The van der Waals surface area contributed by atoms with Crippen LogP contribution < -0.4 is 0 Å². The number of halogens is 3. The van der Waals surface area contributed by atoms with Crippen molar-refractivity contribution in [2.45, 2.75) is 116 Å². The molecule has 0 saturated heterocycles. The standard InChI is InChI=1S/C29H36F3NO2.C4H10S/c1-5-8-17(2)26-25(27(35)19-11-13-20(14-12-19)29(30,31)32)23(18-9-6-7-10-18)24-21(33-26)15-28(3,4)16-22(24)34;1-4(2)5-3/h9,11-14,17,22,27,34-35H,5-8,10,15-16H2,1-4H3;4H,1-3H3. The van der Waals surface area contributed by atoms with E-state index in [1.165, 1.54) is 12.1 Å². The van der Waals surface area contributed by atoms with E-state index in [0.29, 0.717) is 17.5 Å². The number of aliphatic hydroxyl groups is 2. The summed E-state index contributed by atoms with van der Waals surface area (Å²) in [5.74, 6) is 0.0623. The van der Waals surface area contributed by atoms with Gasteiger partial charge in [0.15, 0.2) is 0 Å². The molecule has 0 saturated carbocycles. The average molecular weight is 578 g/mol. The second kappa shape index (κ2) is 13.4. The van der Waals surface area contributed by atoms with Gasteiger partial charge in [-0.05, 0) is 90.2 Å². The molecule has 0 spiro atoms. The van der Waals surface area contributed by atoms with Crippen LogP contribution in [0.25, 0.3) is 5.57 Å². The molecule has 0 radical (unpaired) electrons. The van der Waals surface area contributed by atoms with Crippen LogP contribution in [-0.2, 0) is 12.6 Å². The van der Waals surface area contributed by atoms with Crippen molar-refractivity contribution < 1.29 is 23.4 Å². The smallest absolute Gasteiger partial charge is 0.388 e. The van der Waals surface area contributed by atoms with E-state index in [1.54, 1.807) is 0 Å². The second-order valence-electron chi connectivity index (χ2n) is 12.3. The molecule has 2 aliphatic carbocycles. The summed E-state index contributed by atoms with van der Waals surface area (Å²) in [4.78, 5) is 5.09. The third-order valence-electron chi connectivity index (χ3n) is 7.96. The monoisotopic (exact) mass is 577 g/mol. The minimum Gasteiger partial charge on any atom is -0.388 e. The van der Waals surface area contributed by atoms with Gasteiger partial charge in [-0.2, -0.15) is 24.9 Å². The van der Waals surface area contributed by atoms with Crippen LogP contribution in [0.15, 0.2) is 30.3 Å². The molecule has 4 rings (SSSR count). The van der Waals surface area contributed by atoms with Crippen LogP contribution in [0.5, 0.6) is 0 Å². The Labute approximate surface area is 242 Å². The lowest BCUT2D eigenvalue weighted by Crippen LogP contribution is -2.29. The minimum absolute atomic E-state index is 0.0623. The van der Waals surface area contributed by atoms with Gasteiger partial charge in [-0.15, -0.1) is 0 Å². The Balaban J connectivity index is 0.000000810. The molecular weight excluding hydrogens is 531 g/mol. The summed E-state index contributed by atoms with van der Waals surface area (Å²) in [6, 6.07) is 4.75. The number of pyridine rings is 1. The van der Waals surface area contributed by atoms with Gasteiger partial charge in [-0.25, -0.2) is 0 Å². The maximum atomic E-state index is 13.2. The summed E-state index contributed by atoms with van der Waals surface area (Å²) in [5.41, 5.74) is 4.67. The maximum absolute atomic E-state index is 13.2. The predicted octanol–water partition coefficient (Wildman–Crippen LogP) is 9.42. The highest BCUT2D eigenvalue weighted by Gasteiger charge is 2.38. The molecule has 2 N–H and O–H groups in total.